The van der Waals surface area contributed by atoms with Crippen molar-refractivity contribution in [2.24, 2.45) is 11.8 Å². The Hall–Kier alpha value is -1.85. The summed E-state index contributed by atoms with van der Waals surface area (Å²) in [5, 5.41) is 10.7. The molecule has 6 aliphatic rings. The predicted octanol–water partition coefficient (Wildman–Crippen LogP) is 1.98. The summed E-state index contributed by atoms with van der Waals surface area (Å²) in [7, 11) is 0. The molecule has 0 aromatic heterocycles. The van der Waals surface area contributed by atoms with Crippen LogP contribution in [0.15, 0.2) is 35.6 Å². The molecule has 1 aliphatic carbocycles. The number of para-hydroxylation sites is 1. The highest BCUT2D eigenvalue weighted by molar-refractivity contribution is 5.99. The zero-order valence-corrected chi connectivity index (χ0v) is 14.6. The summed E-state index contributed by atoms with van der Waals surface area (Å²) in [5.41, 5.74) is 3.75. The van der Waals surface area contributed by atoms with Crippen LogP contribution in [0.5, 0.6) is 0 Å². The fourth-order valence-corrected chi connectivity index (χ4v) is 7.56. The number of piperidine rings is 2. The zero-order valence-electron chi connectivity index (χ0n) is 14.6. The van der Waals surface area contributed by atoms with E-state index in [-0.39, 0.29) is 30.1 Å². The standard InChI is InChI=1S/C21H22N2O3/c24-15-10-26-16-8-18(25)23-14-4-2-1-3-13(14)21-5-6-22-9-12(15)11(7-17(21)22)19(16)20(21)23/h1-4,11,16-17,19-20,24H,5-10H2/t11-,16-,17-,19-,20-,21?/m0/s1. The maximum absolute atomic E-state index is 13.2. The van der Waals surface area contributed by atoms with E-state index >= 15 is 0 Å². The van der Waals surface area contributed by atoms with Crippen molar-refractivity contribution in [1.82, 2.24) is 4.90 Å². The van der Waals surface area contributed by atoms with Crippen molar-refractivity contribution < 1.29 is 14.6 Å². The average molecular weight is 350 g/mol. The molecule has 7 rings (SSSR count). The van der Waals surface area contributed by atoms with Gasteiger partial charge < -0.3 is 14.7 Å². The topological polar surface area (TPSA) is 53.0 Å². The molecule has 1 aromatic rings. The Balaban J connectivity index is 1.55. The molecule has 1 amide bonds. The number of hydrogen-bond donors (Lipinski definition) is 1. The Morgan fingerprint density at radius 1 is 1.27 bits per heavy atom. The maximum atomic E-state index is 13.2. The molecule has 4 fully saturated rings. The summed E-state index contributed by atoms with van der Waals surface area (Å²) in [4.78, 5) is 17.9. The van der Waals surface area contributed by atoms with Gasteiger partial charge in [-0.25, -0.2) is 0 Å². The largest absolute Gasteiger partial charge is 0.510 e. The van der Waals surface area contributed by atoms with Crippen LogP contribution in [0.2, 0.25) is 0 Å². The van der Waals surface area contributed by atoms with Crippen molar-refractivity contribution in [1.29, 1.82) is 0 Å². The van der Waals surface area contributed by atoms with E-state index in [1.54, 1.807) is 0 Å². The van der Waals surface area contributed by atoms with Gasteiger partial charge >= 0.3 is 0 Å². The lowest BCUT2D eigenvalue weighted by Gasteiger charge is -2.58. The van der Waals surface area contributed by atoms with Gasteiger partial charge in [0.2, 0.25) is 5.91 Å². The van der Waals surface area contributed by atoms with Crippen LogP contribution in [-0.2, 0) is 14.9 Å². The van der Waals surface area contributed by atoms with Crippen molar-refractivity contribution in [3.63, 3.8) is 0 Å². The van der Waals surface area contributed by atoms with E-state index in [1.807, 2.05) is 0 Å². The molecule has 134 valence electrons. The van der Waals surface area contributed by atoms with Gasteiger partial charge in [-0.1, -0.05) is 18.2 Å². The lowest BCUT2D eigenvalue weighted by molar-refractivity contribution is -0.132. The third kappa shape index (κ3) is 1.34. The minimum atomic E-state index is -0.0623. The molecule has 0 radical (unpaired) electrons. The molecule has 1 N–H and O–H groups in total. The summed E-state index contributed by atoms with van der Waals surface area (Å²) in [6, 6.07) is 9.25. The molecule has 3 saturated heterocycles. The molecular formula is C21H22N2O3. The second kappa shape index (κ2) is 4.34. The molecule has 1 spiro atoms. The smallest absolute Gasteiger partial charge is 0.229 e. The van der Waals surface area contributed by atoms with Gasteiger partial charge in [-0.3, -0.25) is 9.69 Å². The third-order valence-electron chi connectivity index (χ3n) is 8.33. The predicted molar refractivity (Wildman–Crippen MR) is 95.0 cm³/mol. The second-order valence-corrected chi connectivity index (χ2v) is 8.95. The fourth-order valence-electron chi connectivity index (χ4n) is 7.56. The lowest BCUT2D eigenvalue weighted by atomic mass is 9.53. The van der Waals surface area contributed by atoms with E-state index in [4.69, 9.17) is 4.74 Å². The molecular weight excluding hydrogens is 328 g/mol. The van der Waals surface area contributed by atoms with E-state index in [1.165, 1.54) is 11.1 Å². The minimum absolute atomic E-state index is 0.0426. The van der Waals surface area contributed by atoms with E-state index in [9.17, 15) is 9.90 Å². The van der Waals surface area contributed by atoms with Gasteiger partial charge in [-0.05, 0) is 42.5 Å². The Morgan fingerprint density at radius 3 is 3.08 bits per heavy atom. The number of aliphatic hydroxyl groups excluding tert-OH is 1. The lowest BCUT2D eigenvalue weighted by Crippen LogP contribution is -2.69. The zero-order chi connectivity index (χ0) is 17.2. The summed E-state index contributed by atoms with van der Waals surface area (Å²) in [5.74, 6) is 1.28. The molecule has 5 nitrogen and oxygen atoms in total. The highest BCUT2D eigenvalue weighted by Gasteiger charge is 2.71. The Morgan fingerprint density at radius 2 is 2.15 bits per heavy atom. The molecule has 5 heteroatoms. The summed E-state index contributed by atoms with van der Waals surface area (Å²) in [6.07, 6.45) is 2.58. The van der Waals surface area contributed by atoms with Crippen LogP contribution in [0.3, 0.4) is 0 Å². The van der Waals surface area contributed by atoms with Gasteiger partial charge in [0.1, 0.15) is 12.4 Å². The number of rotatable bonds is 0. The SMILES string of the molecule is O=C1C[C@@H]2OCC(O)=C3CN4CCC56c7ccccc7N1[C@H]5[C@H]2[C@H]3C[C@H]46. The van der Waals surface area contributed by atoms with Crippen LogP contribution in [0.25, 0.3) is 0 Å². The molecule has 5 heterocycles. The molecule has 5 aliphatic heterocycles. The number of ether oxygens (including phenoxy) is 1. The first-order valence-electron chi connectivity index (χ1n) is 9.88. The van der Waals surface area contributed by atoms with E-state index in [2.05, 4.69) is 34.1 Å². The fraction of sp³-hybridized carbons (Fsp3) is 0.571. The van der Waals surface area contributed by atoms with E-state index in [0.29, 0.717) is 30.1 Å². The van der Waals surface area contributed by atoms with Crippen molar-refractivity contribution in [3.8, 4) is 0 Å². The summed E-state index contributed by atoms with van der Waals surface area (Å²) in [6.45, 7) is 2.20. The molecule has 1 unspecified atom stereocenters. The minimum Gasteiger partial charge on any atom is -0.510 e. The van der Waals surface area contributed by atoms with Gasteiger partial charge in [-0.2, -0.15) is 0 Å². The average Bonchev–Trinajstić information content (AvgIpc) is 3.15. The highest BCUT2D eigenvalue weighted by atomic mass is 16.5. The highest BCUT2D eigenvalue weighted by Crippen LogP contribution is 2.65. The second-order valence-electron chi connectivity index (χ2n) is 8.95. The molecule has 1 saturated carbocycles. The molecule has 6 atom stereocenters. The monoisotopic (exact) mass is 350 g/mol. The van der Waals surface area contributed by atoms with Crippen LogP contribution >= 0.6 is 0 Å². The number of hydrogen-bond acceptors (Lipinski definition) is 4. The van der Waals surface area contributed by atoms with Crippen LogP contribution < -0.4 is 4.90 Å². The van der Waals surface area contributed by atoms with Crippen LogP contribution in [-0.4, -0.2) is 53.8 Å². The van der Waals surface area contributed by atoms with Crippen molar-refractivity contribution >= 4 is 11.6 Å². The van der Waals surface area contributed by atoms with Crippen molar-refractivity contribution in [3.05, 3.63) is 41.2 Å². The first kappa shape index (κ1) is 14.2. The number of fused-ring (bicyclic) bond motifs is 2. The summed E-state index contributed by atoms with van der Waals surface area (Å²) >= 11 is 0. The van der Waals surface area contributed by atoms with Crippen molar-refractivity contribution in [2.75, 3.05) is 24.6 Å². The number of aliphatic hydroxyl groups is 1. The molecule has 2 bridgehead atoms. The van der Waals surface area contributed by atoms with Crippen molar-refractivity contribution in [2.45, 2.75) is 42.9 Å². The Kier molecular flexibility index (Phi) is 2.38. The number of anilines is 1. The summed E-state index contributed by atoms with van der Waals surface area (Å²) < 4.78 is 6.13. The molecule has 1 aromatic carbocycles. The van der Waals surface area contributed by atoms with Gasteiger partial charge in [0.15, 0.2) is 0 Å². The maximum Gasteiger partial charge on any atom is 0.229 e. The number of amides is 1. The number of benzene rings is 1. The van der Waals surface area contributed by atoms with Gasteiger partial charge in [-0.15, -0.1) is 0 Å². The normalized spacial score (nSPS) is 45.0. The van der Waals surface area contributed by atoms with Crippen LogP contribution in [0, 0.1) is 11.8 Å². The Labute approximate surface area is 152 Å². The molecule has 26 heavy (non-hydrogen) atoms. The number of carbonyl (C=O) groups excluding carboxylic acids is 1. The Bertz CT molecular complexity index is 895. The first-order chi connectivity index (χ1) is 12.7. The van der Waals surface area contributed by atoms with E-state index in [0.717, 1.165) is 31.6 Å². The quantitative estimate of drug-likeness (QED) is 0.777. The van der Waals surface area contributed by atoms with Crippen LogP contribution in [0.1, 0.15) is 24.8 Å². The van der Waals surface area contributed by atoms with E-state index < -0.39 is 0 Å². The van der Waals surface area contributed by atoms with Gasteiger partial charge in [0.25, 0.3) is 0 Å². The van der Waals surface area contributed by atoms with Crippen LogP contribution in [0.4, 0.5) is 5.69 Å². The van der Waals surface area contributed by atoms with Gasteiger partial charge in [0.05, 0.1) is 18.6 Å². The third-order valence-corrected chi connectivity index (χ3v) is 8.33. The number of nitrogens with zero attached hydrogens (tertiary/aromatic N) is 2. The van der Waals surface area contributed by atoms with Gasteiger partial charge in [0, 0.05) is 29.6 Å². The number of carbonyl (C=O) groups is 1. The first-order valence-corrected chi connectivity index (χ1v) is 9.88.